The highest BCUT2D eigenvalue weighted by molar-refractivity contribution is 7.89. The normalized spacial score (nSPS) is 21.0. The van der Waals surface area contributed by atoms with Crippen molar-refractivity contribution in [1.29, 1.82) is 0 Å². The third kappa shape index (κ3) is 4.18. The molecule has 2 aromatic heterocycles. The minimum absolute atomic E-state index is 0.0827. The first kappa shape index (κ1) is 21.1. The number of halogens is 1. The maximum absolute atomic E-state index is 14.0. The Hall–Kier alpha value is -2.14. The summed E-state index contributed by atoms with van der Waals surface area (Å²) < 4.78 is 53.2. The quantitative estimate of drug-likeness (QED) is 0.705. The lowest BCUT2D eigenvalue weighted by atomic mass is 9.90. The van der Waals surface area contributed by atoms with E-state index in [1.807, 2.05) is 0 Å². The zero-order chi connectivity index (χ0) is 21.2. The molecule has 0 unspecified atom stereocenters. The topological polar surface area (TPSA) is 84.9 Å². The highest BCUT2D eigenvalue weighted by atomic mass is 32.2. The molecule has 2 aromatic rings. The molecule has 0 amide bonds. The highest BCUT2D eigenvalue weighted by Crippen LogP contribution is 2.37. The van der Waals surface area contributed by atoms with E-state index in [-0.39, 0.29) is 29.7 Å². The molecule has 4 rings (SSSR count). The number of sulfonamides is 1. The first-order valence-corrected chi connectivity index (χ1v) is 11.3. The van der Waals surface area contributed by atoms with Crippen LogP contribution in [-0.2, 0) is 21.3 Å². The Morgan fingerprint density at radius 1 is 1.27 bits per heavy atom. The Bertz CT molecular complexity index is 996. The molecule has 10 heteroatoms. The molecule has 0 aromatic carbocycles. The minimum Gasteiger partial charge on any atom is -0.469 e. The van der Waals surface area contributed by atoms with Gasteiger partial charge in [-0.3, -0.25) is 9.88 Å². The molecule has 0 saturated carbocycles. The van der Waals surface area contributed by atoms with Crippen molar-refractivity contribution < 1.29 is 22.3 Å². The fraction of sp³-hybridized carbons (Fsp3) is 0.500. The number of aromatic nitrogens is 2. The van der Waals surface area contributed by atoms with E-state index in [0.717, 1.165) is 0 Å². The molecule has 0 N–H and O–H groups in total. The van der Waals surface area contributed by atoms with Crippen LogP contribution in [0.3, 0.4) is 0 Å². The number of methoxy groups -OCH3 is 1. The van der Waals surface area contributed by atoms with E-state index in [1.165, 1.54) is 22.8 Å². The summed E-state index contributed by atoms with van der Waals surface area (Å²) >= 11 is 0. The summed E-state index contributed by atoms with van der Waals surface area (Å²) in [5.41, 5.74) is -0.0905. The van der Waals surface area contributed by atoms with Crippen molar-refractivity contribution in [3.8, 4) is 5.88 Å². The van der Waals surface area contributed by atoms with Gasteiger partial charge in [-0.1, -0.05) is 0 Å². The summed E-state index contributed by atoms with van der Waals surface area (Å²) in [5, 5.41) is 0. The van der Waals surface area contributed by atoms with Crippen molar-refractivity contribution in [1.82, 2.24) is 19.2 Å². The lowest BCUT2D eigenvalue weighted by Gasteiger charge is -2.42. The van der Waals surface area contributed by atoms with Crippen molar-refractivity contribution in [2.45, 2.75) is 29.9 Å². The van der Waals surface area contributed by atoms with Gasteiger partial charge in [0.25, 0.3) is 0 Å². The second-order valence-corrected chi connectivity index (χ2v) is 9.57. The number of likely N-dealkylation sites (tertiary alicyclic amines) is 1. The second-order valence-electron chi connectivity index (χ2n) is 7.67. The predicted octanol–water partition coefficient (Wildman–Crippen LogP) is 1.68. The van der Waals surface area contributed by atoms with Gasteiger partial charge >= 0.3 is 0 Å². The van der Waals surface area contributed by atoms with Crippen molar-refractivity contribution in [3.63, 3.8) is 0 Å². The van der Waals surface area contributed by atoms with Crippen LogP contribution in [0, 0.1) is 5.82 Å². The number of ether oxygens (including phenoxy) is 2. The van der Waals surface area contributed by atoms with Gasteiger partial charge in [0.15, 0.2) is 0 Å². The molecule has 0 radical (unpaired) electrons. The van der Waals surface area contributed by atoms with Crippen LogP contribution in [0.1, 0.15) is 18.4 Å². The van der Waals surface area contributed by atoms with Crippen molar-refractivity contribution >= 4 is 10.0 Å². The van der Waals surface area contributed by atoms with Crippen LogP contribution in [0.4, 0.5) is 4.39 Å². The van der Waals surface area contributed by atoms with Crippen LogP contribution in [0.5, 0.6) is 5.88 Å². The Balaban J connectivity index is 1.56. The zero-order valence-corrected chi connectivity index (χ0v) is 17.6. The van der Waals surface area contributed by atoms with Crippen molar-refractivity contribution in [2.75, 3.05) is 39.9 Å². The summed E-state index contributed by atoms with van der Waals surface area (Å²) in [7, 11) is -2.19. The third-order valence-corrected chi connectivity index (χ3v) is 7.55. The van der Waals surface area contributed by atoms with Crippen LogP contribution in [-0.4, -0.2) is 73.1 Å². The van der Waals surface area contributed by atoms with Gasteiger partial charge in [0.2, 0.25) is 15.9 Å². The molecule has 30 heavy (non-hydrogen) atoms. The molecule has 1 fully saturated rings. The van der Waals surface area contributed by atoms with Crippen LogP contribution >= 0.6 is 0 Å². The predicted molar refractivity (Wildman–Crippen MR) is 107 cm³/mol. The van der Waals surface area contributed by atoms with Gasteiger partial charge in [0.1, 0.15) is 16.3 Å². The molecule has 1 saturated heterocycles. The summed E-state index contributed by atoms with van der Waals surface area (Å²) in [6.45, 7) is 2.55. The van der Waals surface area contributed by atoms with E-state index in [2.05, 4.69) is 14.9 Å². The Labute approximate surface area is 175 Å². The Morgan fingerprint density at radius 3 is 2.80 bits per heavy atom. The number of piperidine rings is 1. The fourth-order valence-electron chi connectivity index (χ4n) is 3.98. The standard InChI is InChI=1S/C20H25FN4O4S/c1-28-12-11-25-15-20(29-19-18(30(25,26)27)3-2-7-23-19)5-9-24(10-6-20)14-16-4-8-22-13-17(16)21/h2-4,7-8,13H,5-6,9-12,14-15H2,1H3. The maximum atomic E-state index is 14.0. The molecule has 4 heterocycles. The summed E-state index contributed by atoms with van der Waals surface area (Å²) in [6, 6.07) is 4.80. The minimum atomic E-state index is -3.74. The molecule has 1 spiro atoms. The van der Waals surface area contributed by atoms with Crippen molar-refractivity contribution in [2.24, 2.45) is 0 Å². The molecular weight excluding hydrogens is 411 g/mol. The molecule has 162 valence electrons. The molecule has 0 bridgehead atoms. The van der Waals surface area contributed by atoms with E-state index < -0.39 is 15.6 Å². The fourth-order valence-corrected chi connectivity index (χ4v) is 5.54. The number of hydrogen-bond donors (Lipinski definition) is 0. The number of rotatable bonds is 5. The average Bonchev–Trinajstić information content (AvgIpc) is 2.83. The van der Waals surface area contributed by atoms with Crippen LogP contribution < -0.4 is 4.74 Å². The molecular formula is C20H25FN4O4S. The Kier molecular flexibility index (Phi) is 6.01. The maximum Gasteiger partial charge on any atom is 0.248 e. The SMILES string of the molecule is COCCN1CC2(CCN(Cc3ccncc3F)CC2)Oc2ncccc2S1(=O)=O. The van der Waals surface area contributed by atoms with Crippen LogP contribution in [0.25, 0.3) is 0 Å². The van der Waals surface area contributed by atoms with Crippen molar-refractivity contribution in [3.05, 3.63) is 48.2 Å². The average molecular weight is 437 g/mol. The monoisotopic (exact) mass is 436 g/mol. The highest BCUT2D eigenvalue weighted by Gasteiger charge is 2.45. The number of pyridine rings is 2. The van der Waals surface area contributed by atoms with E-state index in [0.29, 0.717) is 44.6 Å². The molecule has 2 aliphatic rings. The number of hydrogen-bond acceptors (Lipinski definition) is 7. The van der Waals surface area contributed by atoms with Gasteiger partial charge < -0.3 is 9.47 Å². The molecule has 2 aliphatic heterocycles. The smallest absolute Gasteiger partial charge is 0.248 e. The Morgan fingerprint density at radius 2 is 2.07 bits per heavy atom. The first-order chi connectivity index (χ1) is 14.4. The largest absolute Gasteiger partial charge is 0.469 e. The van der Waals surface area contributed by atoms with E-state index in [9.17, 15) is 12.8 Å². The zero-order valence-electron chi connectivity index (χ0n) is 16.8. The number of nitrogens with zero attached hydrogens (tertiary/aromatic N) is 4. The third-order valence-electron chi connectivity index (χ3n) is 5.69. The van der Waals surface area contributed by atoms with E-state index in [4.69, 9.17) is 9.47 Å². The van der Waals surface area contributed by atoms with Crippen LogP contribution in [0.15, 0.2) is 41.7 Å². The molecule has 0 atom stereocenters. The van der Waals surface area contributed by atoms with Gasteiger partial charge in [0, 0.05) is 64.1 Å². The van der Waals surface area contributed by atoms with E-state index in [1.54, 1.807) is 25.4 Å². The lowest BCUT2D eigenvalue weighted by Crippen LogP contribution is -2.54. The lowest BCUT2D eigenvalue weighted by molar-refractivity contribution is -0.0164. The van der Waals surface area contributed by atoms with Gasteiger partial charge in [-0.05, 0) is 18.2 Å². The van der Waals surface area contributed by atoms with Gasteiger partial charge in [-0.15, -0.1) is 0 Å². The molecule has 8 nitrogen and oxygen atoms in total. The second kappa shape index (κ2) is 8.54. The summed E-state index contributed by atoms with van der Waals surface area (Å²) in [4.78, 5) is 10.2. The number of fused-ring (bicyclic) bond motifs is 1. The first-order valence-electron chi connectivity index (χ1n) is 9.87. The molecule has 0 aliphatic carbocycles. The van der Waals surface area contributed by atoms with E-state index >= 15 is 0 Å². The van der Waals surface area contributed by atoms with Gasteiger partial charge in [-0.2, -0.15) is 4.31 Å². The summed E-state index contributed by atoms with van der Waals surface area (Å²) in [6.07, 6.45) is 5.55. The summed E-state index contributed by atoms with van der Waals surface area (Å²) in [5.74, 6) is -0.176. The van der Waals surface area contributed by atoms with Gasteiger partial charge in [-0.25, -0.2) is 17.8 Å². The van der Waals surface area contributed by atoms with Crippen LogP contribution in [0.2, 0.25) is 0 Å². The van der Waals surface area contributed by atoms with Gasteiger partial charge in [0.05, 0.1) is 19.3 Å².